The molecule has 0 aliphatic carbocycles. The Morgan fingerprint density at radius 3 is 2.00 bits per heavy atom. The molecule has 1 unspecified atom stereocenters. The van der Waals surface area contributed by atoms with E-state index in [4.69, 9.17) is 0 Å². The first-order chi connectivity index (χ1) is 5.72. The molecule has 0 spiro atoms. The molecule has 0 N–H and O–H groups in total. The standard InChI is InChI=1S/C11H26Si/c1-5-7-8-10-11(9-6-2)12(3)4/h11-12H,5-10H2,1-4H3. The predicted molar refractivity (Wildman–Crippen MR) is 61.7 cm³/mol. The van der Waals surface area contributed by atoms with E-state index in [1.165, 1.54) is 38.5 Å². The molecule has 0 aromatic carbocycles. The van der Waals surface area contributed by atoms with E-state index in [2.05, 4.69) is 26.9 Å². The van der Waals surface area contributed by atoms with Crippen LogP contribution in [-0.2, 0) is 0 Å². The summed E-state index contributed by atoms with van der Waals surface area (Å²) in [4.78, 5) is 0. The number of hydrogen-bond donors (Lipinski definition) is 0. The summed E-state index contributed by atoms with van der Waals surface area (Å²) in [5, 5.41) is 0. The van der Waals surface area contributed by atoms with Gasteiger partial charge in [-0.3, -0.25) is 0 Å². The van der Waals surface area contributed by atoms with Crippen LogP contribution < -0.4 is 0 Å². The van der Waals surface area contributed by atoms with Gasteiger partial charge in [-0.25, -0.2) is 0 Å². The number of unbranched alkanes of at least 4 members (excludes halogenated alkanes) is 2. The van der Waals surface area contributed by atoms with Gasteiger partial charge in [0.2, 0.25) is 0 Å². The van der Waals surface area contributed by atoms with Gasteiger partial charge in [0.15, 0.2) is 0 Å². The highest BCUT2D eigenvalue weighted by Gasteiger charge is 2.12. The maximum Gasteiger partial charge on any atom is 0.0337 e. The third-order valence-corrected chi connectivity index (χ3v) is 5.33. The molecule has 1 atom stereocenters. The molecule has 0 heterocycles. The van der Waals surface area contributed by atoms with E-state index >= 15 is 0 Å². The third kappa shape index (κ3) is 5.82. The van der Waals surface area contributed by atoms with Crippen LogP contribution in [0.15, 0.2) is 0 Å². The molecule has 1 heteroatoms. The van der Waals surface area contributed by atoms with E-state index in [1.54, 1.807) is 0 Å². The molecule has 0 fully saturated rings. The lowest BCUT2D eigenvalue weighted by Gasteiger charge is -2.18. The van der Waals surface area contributed by atoms with E-state index in [-0.39, 0.29) is 8.80 Å². The van der Waals surface area contributed by atoms with Crippen molar-refractivity contribution in [2.24, 2.45) is 0 Å². The second kappa shape index (κ2) is 7.84. The van der Waals surface area contributed by atoms with Crippen LogP contribution in [-0.4, -0.2) is 8.80 Å². The molecule has 0 nitrogen and oxygen atoms in total. The van der Waals surface area contributed by atoms with Gasteiger partial charge in [0.1, 0.15) is 0 Å². The van der Waals surface area contributed by atoms with Gasteiger partial charge >= 0.3 is 0 Å². The van der Waals surface area contributed by atoms with E-state index < -0.39 is 0 Å². The van der Waals surface area contributed by atoms with Crippen LogP contribution >= 0.6 is 0 Å². The summed E-state index contributed by atoms with van der Waals surface area (Å²) in [6.45, 7) is 9.63. The number of hydrogen-bond acceptors (Lipinski definition) is 0. The molecular formula is C11H26Si. The van der Waals surface area contributed by atoms with Crippen LogP contribution in [0.2, 0.25) is 18.6 Å². The van der Waals surface area contributed by atoms with Crippen LogP contribution in [0.1, 0.15) is 52.4 Å². The van der Waals surface area contributed by atoms with Crippen molar-refractivity contribution >= 4 is 8.80 Å². The predicted octanol–water partition coefficient (Wildman–Crippen LogP) is 4.22. The van der Waals surface area contributed by atoms with Crippen LogP contribution in [0.3, 0.4) is 0 Å². The monoisotopic (exact) mass is 186 g/mol. The lowest BCUT2D eigenvalue weighted by molar-refractivity contribution is 0.593. The summed E-state index contributed by atoms with van der Waals surface area (Å²) in [7, 11) is -0.346. The first-order valence-corrected chi connectivity index (χ1v) is 8.69. The average Bonchev–Trinajstić information content (AvgIpc) is 2.03. The lowest BCUT2D eigenvalue weighted by Crippen LogP contribution is -2.11. The van der Waals surface area contributed by atoms with Crippen LogP contribution in [0.5, 0.6) is 0 Å². The summed E-state index contributed by atoms with van der Waals surface area (Å²) < 4.78 is 0. The largest absolute Gasteiger partial charge is 0.0720 e. The molecule has 0 saturated heterocycles. The molecule has 0 aromatic rings. The minimum atomic E-state index is -0.346. The van der Waals surface area contributed by atoms with Gasteiger partial charge in [-0.15, -0.1) is 0 Å². The minimum absolute atomic E-state index is 0.346. The molecular weight excluding hydrogens is 160 g/mol. The molecule has 0 saturated carbocycles. The van der Waals surface area contributed by atoms with Crippen LogP contribution in [0, 0.1) is 0 Å². The van der Waals surface area contributed by atoms with Crippen molar-refractivity contribution < 1.29 is 0 Å². The summed E-state index contributed by atoms with van der Waals surface area (Å²) in [5.74, 6) is 0. The van der Waals surface area contributed by atoms with Crippen LogP contribution in [0.4, 0.5) is 0 Å². The molecule has 0 aromatic heterocycles. The Balaban J connectivity index is 3.49. The highest BCUT2D eigenvalue weighted by molar-refractivity contribution is 6.57. The van der Waals surface area contributed by atoms with Crippen molar-refractivity contribution in [1.82, 2.24) is 0 Å². The fourth-order valence-corrected chi connectivity index (χ4v) is 3.74. The van der Waals surface area contributed by atoms with Crippen molar-refractivity contribution in [3.05, 3.63) is 0 Å². The first kappa shape index (κ1) is 12.2. The molecule has 12 heavy (non-hydrogen) atoms. The molecule has 0 rings (SSSR count). The summed E-state index contributed by atoms with van der Waals surface area (Å²) in [6, 6.07) is 0. The SMILES string of the molecule is CCCCCC(CCC)[SiH](C)C. The van der Waals surface area contributed by atoms with Crippen molar-refractivity contribution in [1.29, 1.82) is 0 Å². The highest BCUT2D eigenvalue weighted by atomic mass is 28.3. The first-order valence-electron chi connectivity index (χ1n) is 5.72. The molecule has 0 amide bonds. The fourth-order valence-electron chi connectivity index (χ4n) is 1.84. The van der Waals surface area contributed by atoms with Crippen molar-refractivity contribution in [3.8, 4) is 0 Å². The second-order valence-corrected chi connectivity index (χ2v) is 7.72. The topological polar surface area (TPSA) is 0 Å². The molecule has 0 aliphatic rings. The van der Waals surface area contributed by atoms with E-state index in [0.29, 0.717) is 0 Å². The number of rotatable bonds is 7. The average molecular weight is 186 g/mol. The van der Waals surface area contributed by atoms with Gasteiger partial charge in [0.25, 0.3) is 0 Å². The van der Waals surface area contributed by atoms with Crippen LogP contribution in [0.25, 0.3) is 0 Å². The zero-order valence-corrected chi connectivity index (χ0v) is 10.6. The quantitative estimate of drug-likeness (QED) is 0.412. The fraction of sp³-hybridized carbons (Fsp3) is 1.00. The summed E-state index contributed by atoms with van der Waals surface area (Å²) in [5.41, 5.74) is 1.13. The highest BCUT2D eigenvalue weighted by Crippen LogP contribution is 2.24. The van der Waals surface area contributed by atoms with Gasteiger partial charge in [-0.1, -0.05) is 65.5 Å². The van der Waals surface area contributed by atoms with Gasteiger partial charge < -0.3 is 0 Å². The second-order valence-electron chi connectivity index (χ2n) is 4.29. The van der Waals surface area contributed by atoms with Gasteiger partial charge in [-0.2, -0.15) is 0 Å². The molecule has 0 bridgehead atoms. The summed E-state index contributed by atoms with van der Waals surface area (Å²) >= 11 is 0. The van der Waals surface area contributed by atoms with E-state index in [0.717, 1.165) is 5.54 Å². The Kier molecular flexibility index (Phi) is 7.99. The van der Waals surface area contributed by atoms with Gasteiger partial charge in [0, 0.05) is 8.80 Å². The van der Waals surface area contributed by atoms with E-state index in [1.807, 2.05) is 0 Å². The van der Waals surface area contributed by atoms with Gasteiger partial charge in [-0.05, 0) is 5.54 Å². The minimum Gasteiger partial charge on any atom is -0.0720 e. The molecule has 0 aliphatic heterocycles. The Bertz CT molecular complexity index is 89.0. The Morgan fingerprint density at radius 2 is 1.58 bits per heavy atom. The van der Waals surface area contributed by atoms with Crippen molar-refractivity contribution in [3.63, 3.8) is 0 Å². The van der Waals surface area contributed by atoms with Gasteiger partial charge in [0.05, 0.1) is 0 Å². The molecule has 0 radical (unpaired) electrons. The Labute approximate surface area is 80.4 Å². The maximum atomic E-state index is 2.51. The third-order valence-electron chi connectivity index (χ3n) is 2.78. The maximum absolute atomic E-state index is 2.51. The Hall–Kier alpha value is 0.217. The zero-order valence-electron chi connectivity index (χ0n) is 9.40. The Morgan fingerprint density at radius 1 is 0.917 bits per heavy atom. The smallest absolute Gasteiger partial charge is 0.0337 e. The lowest BCUT2D eigenvalue weighted by atomic mass is 10.1. The van der Waals surface area contributed by atoms with E-state index in [9.17, 15) is 0 Å². The van der Waals surface area contributed by atoms with Crippen molar-refractivity contribution in [2.45, 2.75) is 71.0 Å². The zero-order chi connectivity index (χ0) is 9.40. The summed E-state index contributed by atoms with van der Waals surface area (Å²) in [6.07, 6.45) is 8.70. The van der Waals surface area contributed by atoms with Crippen molar-refractivity contribution in [2.75, 3.05) is 0 Å². The normalized spacial score (nSPS) is 13.8. The molecule has 74 valence electrons.